The second-order valence-electron chi connectivity index (χ2n) is 10.1. The second kappa shape index (κ2) is 11.4. The molecule has 0 radical (unpaired) electrons. The molecular weight excluding hydrogens is 512 g/mol. The standard InChI is InChI=1S/C38H26N4/c1-5-29(23-39-13-1)35-17-33(18-36(21-35)30-6-2-14-40-24-30)27-9-11-28(12-10-27)34-19-37(31-7-3-15-41-25-31)22-38(20-34)32-8-4-16-42-26-32/h1-26H. The first-order chi connectivity index (χ1) is 20.8. The van der Waals surface area contributed by atoms with E-state index in [4.69, 9.17) is 0 Å². The van der Waals surface area contributed by atoms with Crippen LogP contribution in [0.15, 0.2) is 159 Å². The van der Waals surface area contributed by atoms with E-state index in [1.807, 2.05) is 49.1 Å². The first-order valence-electron chi connectivity index (χ1n) is 13.8. The molecule has 42 heavy (non-hydrogen) atoms. The first-order valence-corrected chi connectivity index (χ1v) is 13.8. The lowest BCUT2D eigenvalue weighted by molar-refractivity contribution is 1.32. The van der Waals surface area contributed by atoms with Crippen LogP contribution in [0.1, 0.15) is 0 Å². The molecule has 0 fully saturated rings. The van der Waals surface area contributed by atoms with Gasteiger partial charge in [-0.15, -0.1) is 0 Å². The third kappa shape index (κ3) is 5.34. The highest BCUT2D eigenvalue weighted by molar-refractivity contribution is 5.84. The van der Waals surface area contributed by atoms with Crippen LogP contribution < -0.4 is 0 Å². The van der Waals surface area contributed by atoms with Gasteiger partial charge in [0.2, 0.25) is 0 Å². The van der Waals surface area contributed by atoms with Gasteiger partial charge in [-0.05, 0) is 105 Å². The molecule has 3 aromatic carbocycles. The summed E-state index contributed by atoms with van der Waals surface area (Å²) in [6, 6.07) is 38.4. The highest BCUT2D eigenvalue weighted by atomic mass is 14.6. The summed E-state index contributed by atoms with van der Waals surface area (Å²) >= 11 is 0. The number of aromatic nitrogens is 4. The molecule has 0 unspecified atom stereocenters. The van der Waals surface area contributed by atoms with Crippen LogP contribution in [0.3, 0.4) is 0 Å². The third-order valence-electron chi connectivity index (χ3n) is 7.40. The Morgan fingerprint density at radius 1 is 0.238 bits per heavy atom. The van der Waals surface area contributed by atoms with E-state index in [1.54, 1.807) is 24.8 Å². The van der Waals surface area contributed by atoms with Gasteiger partial charge in [-0.2, -0.15) is 0 Å². The van der Waals surface area contributed by atoms with Crippen LogP contribution in [-0.2, 0) is 0 Å². The lowest BCUT2D eigenvalue weighted by Gasteiger charge is -2.13. The van der Waals surface area contributed by atoms with Crippen molar-refractivity contribution >= 4 is 0 Å². The van der Waals surface area contributed by atoms with Crippen LogP contribution in [-0.4, -0.2) is 19.9 Å². The van der Waals surface area contributed by atoms with Crippen LogP contribution in [0.25, 0.3) is 66.8 Å². The molecule has 0 saturated carbocycles. The van der Waals surface area contributed by atoms with Crippen molar-refractivity contribution in [2.45, 2.75) is 0 Å². The molecule has 198 valence electrons. The van der Waals surface area contributed by atoms with Gasteiger partial charge < -0.3 is 0 Å². The van der Waals surface area contributed by atoms with E-state index in [0.717, 1.165) is 66.8 Å². The Balaban J connectivity index is 1.31. The predicted octanol–water partition coefficient (Wildman–Crippen LogP) is 9.27. The Morgan fingerprint density at radius 3 is 0.690 bits per heavy atom. The predicted molar refractivity (Wildman–Crippen MR) is 170 cm³/mol. The molecule has 4 nitrogen and oxygen atoms in total. The largest absolute Gasteiger partial charge is 0.264 e. The molecule has 7 aromatic rings. The fourth-order valence-corrected chi connectivity index (χ4v) is 5.24. The molecule has 0 spiro atoms. The second-order valence-corrected chi connectivity index (χ2v) is 10.1. The van der Waals surface area contributed by atoms with Gasteiger partial charge in [-0.3, -0.25) is 19.9 Å². The molecule has 0 aliphatic carbocycles. The van der Waals surface area contributed by atoms with Gasteiger partial charge in [0.1, 0.15) is 0 Å². The Labute approximate surface area is 245 Å². The number of hydrogen-bond donors (Lipinski definition) is 0. The van der Waals surface area contributed by atoms with Crippen LogP contribution in [0.5, 0.6) is 0 Å². The number of rotatable bonds is 6. The van der Waals surface area contributed by atoms with E-state index in [2.05, 4.69) is 105 Å². The monoisotopic (exact) mass is 538 g/mol. The average Bonchev–Trinajstić information content (AvgIpc) is 3.09. The van der Waals surface area contributed by atoms with Crippen LogP contribution in [0.2, 0.25) is 0 Å². The first kappa shape index (κ1) is 25.2. The molecule has 4 heteroatoms. The van der Waals surface area contributed by atoms with Crippen LogP contribution in [0.4, 0.5) is 0 Å². The zero-order valence-corrected chi connectivity index (χ0v) is 22.8. The Hall–Kier alpha value is -5.74. The summed E-state index contributed by atoms with van der Waals surface area (Å²) < 4.78 is 0. The maximum atomic E-state index is 4.35. The lowest BCUT2D eigenvalue weighted by Crippen LogP contribution is -1.89. The highest BCUT2D eigenvalue weighted by Gasteiger charge is 2.11. The molecule has 0 atom stereocenters. The maximum absolute atomic E-state index is 4.35. The number of hydrogen-bond acceptors (Lipinski definition) is 4. The van der Waals surface area contributed by atoms with Crippen LogP contribution >= 0.6 is 0 Å². The van der Waals surface area contributed by atoms with Crippen molar-refractivity contribution in [3.8, 4) is 66.8 Å². The van der Waals surface area contributed by atoms with Gasteiger partial charge in [0, 0.05) is 71.8 Å². The van der Waals surface area contributed by atoms with Crippen molar-refractivity contribution < 1.29 is 0 Å². The number of benzene rings is 3. The Kier molecular flexibility index (Phi) is 6.85. The minimum Gasteiger partial charge on any atom is -0.264 e. The minimum absolute atomic E-state index is 1.08. The Bertz CT molecular complexity index is 1680. The molecule has 0 bridgehead atoms. The van der Waals surface area contributed by atoms with E-state index in [9.17, 15) is 0 Å². The van der Waals surface area contributed by atoms with E-state index in [1.165, 1.54) is 0 Å². The van der Waals surface area contributed by atoms with Crippen molar-refractivity contribution in [1.29, 1.82) is 0 Å². The van der Waals surface area contributed by atoms with Crippen molar-refractivity contribution in [1.82, 2.24) is 19.9 Å². The molecule has 4 aromatic heterocycles. The van der Waals surface area contributed by atoms with Gasteiger partial charge >= 0.3 is 0 Å². The van der Waals surface area contributed by atoms with Gasteiger partial charge in [-0.25, -0.2) is 0 Å². The summed E-state index contributed by atoms with van der Waals surface area (Å²) in [5.41, 5.74) is 13.4. The summed E-state index contributed by atoms with van der Waals surface area (Å²) in [6.07, 6.45) is 14.8. The van der Waals surface area contributed by atoms with Crippen molar-refractivity contribution in [2.24, 2.45) is 0 Å². The van der Waals surface area contributed by atoms with E-state index in [0.29, 0.717) is 0 Å². The third-order valence-corrected chi connectivity index (χ3v) is 7.40. The maximum Gasteiger partial charge on any atom is 0.0346 e. The highest BCUT2D eigenvalue weighted by Crippen LogP contribution is 2.35. The van der Waals surface area contributed by atoms with E-state index in [-0.39, 0.29) is 0 Å². The molecule has 0 N–H and O–H groups in total. The topological polar surface area (TPSA) is 51.6 Å². The van der Waals surface area contributed by atoms with E-state index < -0.39 is 0 Å². The molecule has 0 amide bonds. The fourth-order valence-electron chi connectivity index (χ4n) is 5.24. The van der Waals surface area contributed by atoms with Gasteiger partial charge in [0.05, 0.1) is 0 Å². The van der Waals surface area contributed by atoms with Crippen LogP contribution in [0, 0.1) is 0 Å². The molecule has 0 saturated heterocycles. The smallest absolute Gasteiger partial charge is 0.0346 e. The summed E-state index contributed by atoms with van der Waals surface area (Å²) in [5, 5.41) is 0. The SMILES string of the molecule is c1cncc(-c2cc(-c3ccc(-c4cc(-c5cccnc5)cc(-c5cccnc5)c4)cc3)cc(-c3cccnc3)c2)c1. The quantitative estimate of drug-likeness (QED) is 0.212. The van der Waals surface area contributed by atoms with Gasteiger partial charge in [0.15, 0.2) is 0 Å². The summed E-state index contributed by atoms with van der Waals surface area (Å²) in [6.45, 7) is 0. The van der Waals surface area contributed by atoms with Crippen molar-refractivity contribution in [3.05, 3.63) is 159 Å². The summed E-state index contributed by atoms with van der Waals surface area (Å²) in [5.74, 6) is 0. The van der Waals surface area contributed by atoms with E-state index >= 15 is 0 Å². The summed E-state index contributed by atoms with van der Waals surface area (Å²) in [7, 11) is 0. The summed E-state index contributed by atoms with van der Waals surface area (Å²) in [4.78, 5) is 17.4. The van der Waals surface area contributed by atoms with Crippen molar-refractivity contribution in [2.75, 3.05) is 0 Å². The molecule has 4 heterocycles. The average molecular weight is 539 g/mol. The normalized spacial score (nSPS) is 10.9. The zero-order chi connectivity index (χ0) is 28.1. The Morgan fingerprint density at radius 2 is 0.476 bits per heavy atom. The number of nitrogens with zero attached hydrogens (tertiary/aromatic N) is 4. The molecule has 7 rings (SSSR count). The molecular formula is C38H26N4. The zero-order valence-electron chi connectivity index (χ0n) is 22.8. The van der Waals surface area contributed by atoms with Gasteiger partial charge in [-0.1, -0.05) is 48.5 Å². The van der Waals surface area contributed by atoms with Crippen molar-refractivity contribution in [3.63, 3.8) is 0 Å². The minimum atomic E-state index is 1.08. The lowest BCUT2D eigenvalue weighted by atomic mass is 9.92. The fraction of sp³-hybridized carbons (Fsp3) is 0. The molecule has 0 aliphatic rings. The van der Waals surface area contributed by atoms with Gasteiger partial charge in [0.25, 0.3) is 0 Å². The number of pyridine rings is 4. The molecule has 0 aliphatic heterocycles.